The van der Waals surface area contributed by atoms with Crippen LogP contribution >= 0.6 is 11.3 Å². The summed E-state index contributed by atoms with van der Waals surface area (Å²) in [4.78, 5) is 0.679. The topological polar surface area (TPSA) is 85.1 Å². The minimum atomic E-state index is -3.61. The van der Waals surface area contributed by atoms with Crippen molar-refractivity contribution in [2.24, 2.45) is 0 Å². The molecule has 1 aromatic carbocycles. The van der Waals surface area contributed by atoms with E-state index in [0.717, 1.165) is 49.0 Å². The fraction of sp³-hybridized carbons (Fsp3) is 0.368. The van der Waals surface area contributed by atoms with Crippen molar-refractivity contribution in [1.82, 2.24) is 14.9 Å². The van der Waals surface area contributed by atoms with Crippen molar-refractivity contribution in [3.63, 3.8) is 0 Å². The maximum atomic E-state index is 12.9. The molecule has 3 aromatic rings. The summed E-state index contributed by atoms with van der Waals surface area (Å²) in [5.41, 5.74) is 2.30. The van der Waals surface area contributed by atoms with Gasteiger partial charge in [0, 0.05) is 12.0 Å². The molecule has 0 saturated heterocycles. The van der Waals surface area contributed by atoms with E-state index in [2.05, 4.69) is 21.0 Å². The molecule has 0 unspecified atom stereocenters. The third kappa shape index (κ3) is 3.33. The second-order valence-corrected chi connectivity index (χ2v) is 10.1. The molecule has 0 bridgehead atoms. The molecule has 140 valence electrons. The Balaban J connectivity index is 1.39. The van der Waals surface area contributed by atoms with E-state index in [9.17, 15) is 8.42 Å². The molecule has 0 spiro atoms. The van der Waals surface area contributed by atoms with Crippen molar-refractivity contribution in [3.8, 4) is 10.8 Å². The molecule has 1 fully saturated rings. The molecule has 2 aliphatic rings. The van der Waals surface area contributed by atoms with Gasteiger partial charge in [0.25, 0.3) is 15.9 Å². The molecule has 8 heteroatoms. The summed E-state index contributed by atoms with van der Waals surface area (Å²) < 4.78 is 34.7. The van der Waals surface area contributed by atoms with Crippen LogP contribution in [-0.4, -0.2) is 18.6 Å². The van der Waals surface area contributed by atoms with Gasteiger partial charge in [-0.25, -0.2) is 13.1 Å². The number of rotatable bonds is 5. The van der Waals surface area contributed by atoms with Crippen LogP contribution in [0.25, 0.3) is 10.8 Å². The fourth-order valence-corrected chi connectivity index (χ4v) is 6.02. The SMILES string of the molecule is O=S(=O)(N[C@H]1CCCc2ccccc21)c1ccc(-c2nnc(C3CC3)o2)s1. The van der Waals surface area contributed by atoms with Crippen LogP contribution in [-0.2, 0) is 16.4 Å². The number of aryl methyl sites for hydroxylation is 1. The summed E-state index contributed by atoms with van der Waals surface area (Å²) in [6.07, 6.45) is 4.95. The Morgan fingerprint density at radius 2 is 1.93 bits per heavy atom. The van der Waals surface area contributed by atoms with Crippen LogP contribution < -0.4 is 4.72 Å². The van der Waals surface area contributed by atoms with E-state index < -0.39 is 10.0 Å². The summed E-state index contributed by atoms with van der Waals surface area (Å²) in [5.74, 6) is 1.42. The van der Waals surface area contributed by atoms with Gasteiger partial charge in [0.05, 0.1) is 4.88 Å². The number of hydrogen-bond donors (Lipinski definition) is 1. The molecule has 27 heavy (non-hydrogen) atoms. The Labute approximate surface area is 161 Å². The molecule has 1 saturated carbocycles. The average molecular weight is 402 g/mol. The van der Waals surface area contributed by atoms with Gasteiger partial charge in [-0.1, -0.05) is 24.3 Å². The van der Waals surface area contributed by atoms with Crippen LogP contribution in [0.3, 0.4) is 0 Å². The minimum Gasteiger partial charge on any atom is -0.420 e. The maximum Gasteiger partial charge on any atom is 0.257 e. The summed E-state index contributed by atoms with van der Waals surface area (Å²) in [5, 5.41) is 8.14. The highest BCUT2D eigenvalue weighted by molar-refractivity contribution is 7.91. The number of nitrogens with one attached hydrogen (secondary N) is 1. The predicted octanol–water partition coefficient (Wildman–Crippen LogP) is 4.03. The van der Waals surface area contributed by atoms with E-state index in [0.29, 0.717) is 22.6 Å². The fourth-order valence-electron chi connectivity index (χ4n) is 3.53. The lowest BCUT2D eigenvalue weighted by atomic mass is 9.88. The Hall–Kier alpha value is -2.03. The lowest BCUT2D eigenvalue weighted by Crippen LogP contribution is -2.30. The normalized spacial score (nSPS) is 19.8. The lowest BCUT2D eigenvalue weighted by molar-refractivity contribution is 0.508. The van der Waals surface area contributed by atoms with Gasteiger partial charge in [-0.15, -0.1) is 21.5 Å². The van der Waals surface area contributed by atoms with E-state index in [1.54, 1.807) is 12.1 Å². The van der Waals surface area contributed by atoms with Crippen LogP contribution in [0.1, 0.15) is 54.7 Å². The zero-order valence-corrected chi connectivity index (χ0v) is 16.2. The van der Waals surface area contributed by atoms with Crippen molar-refractivity contribution < 1.29 is 12.8 Å². The molecule has 1 N–H and O–H groups in total. The number of sulfonamides is 1. The second-order valence-electron chi connectivity index (χ2n) is 7.10. The van der Waals surface area contributed by atoms with Gasteiger partial charge >= 0.3 is 0 Å². The van der Waals surface area contributed by atoms with Crippen LogP contribution in [0.15, 0.2) is 45.0 Å². The van der Waals surface area contributed by atoms with Crippen molar-refractivity contribution in [2.45, 2.75) is 48.3 Å². The third-order valence-corrected chi connectivity index (χ3v) is 8.13. The molecule has 2 aromatic heterocycles. The van der Waals surface area contributed by atoms with Crippen molar-refractivity contribution in [1.29, 1.82) is 0 Å². The average Bonchev–Trinajstić information content (AvgIpc) is 3.19. The first-order valence-electron chi connectivity index (χ1n) is 9.14. The number of benzene rings is 1. The van der Waals surface area contributed by atoms with E-state index >= 15 is 0 Å². The smallest absolute Gasteiger partial charge is 0.257 e. The first kappa shape index (κ1) is 17.1. The molecule has 0 radical (unpaired) electrons. The molecule has 0 amide bonds. The highest BCUT2D eigenvalue weighted by atomic mass is 32.2. The van der Waals surface area contributed by atoms with E-state index in [-0.39, 0.29) is 10.3 Å². The Morgan fingerprint density at radius 3 is 2.78 bits per heavy atom. The summed E-state index contributed by atoms with van der Waals surface area (Å²) in [6.45, 7) is 0. The summed E-state index contributed by atoms with van der Waals surface area (Å²) in [6, 6.07) is 11.2. The van der Waals surface area contributed by atoms with Gasteiger partial charge in [0.2, 0.25) is 5.89 Å². The summed E-state index contributed by atoms with van der Waals surface area (Å²) >= 11 is 1.16. The van der Waals surface area contributed by atoms with E-state index in [1.165, 1.54) is 5.56 Å². The first-order chi connectivity index (χ1) is 13.1. The highest BCUT2D eigenvalue weighted by Gasteiger charge is 2.30. The van der Waals surface area contributed by atoms with Crippen LogP contribution in [0, 0.1) is 0 Å². The predicted molar refractivity (Wildman–Crippen MR) is 102 cm³/mol. The molecule has 2 aliphatic carbocycles. The highest BCUT2D eigenvalue weighted by Crippen LogP contribution is 2.41. The quantitative estimate of drug-likeness (QED) is 0.698. The molecule has 0 aliphatic heterocycles. The monoisotopic (exact) mass is 401 g/mol. The van der Waals surface area contributed by atoms with E-state index in [4.69, 9.17) is 4.42 Å². The second kappa shape index (κ2) is 6.54. The van der Waals surface area contributed by atoms with Gasteiger partial charge in [0.15, 0.2) is 0 Å². The first-order valence-corrected chi connectivity index (χ1v) is 11.4. The van der Waals surface area contributed by atoms with Crippen molar-refractivity contribution in [3.05, 3.63) is 53.4 Å². The lowest BCUT2D eigenvalue weighted by Gasteiger charge is -2.25. The standard InChI is InChI=1S/C19H19N3O3S2/c23-27(24,22-15-7-3-5-12-4-1-2-6-14(12)15)17-11-10-16(26-17)19-21-20-18(25-19)13-8-9-13/h1-2,4,6,10-11,13,15,22H,3,5,7-9H2/t15-/m0/s1. The van der Waals surface area contributed by atoms with Gasteiger partial charge < -0.3 is 4.42 Å². The Morgan fingerprint density at radius 1 is 1.07 bits per heavy atom. The molecule has 5 rings (SSSR count). The molecular formula is C19H19N3O3S2. The molecule has 2 heterocycles. The van der Waals surface area contributed by atoms with Crippen LogP contribution in [0.4, 0.5) is 0 Å². The molecule has 1 atom stereocenters. The molecular weight excluding hydrogens is 382 g/mol. The number of aromatic nitrogens is 2. The van der Waals surface area contributed by atoms with Gasteiger partial charge in [-0.3, -0.25) is 0 Å². The van der Waals surface area contributed by atoms with Gasteiger partial charge in [0.1, 0.15) is 4.21 Å². The number of fused-ring (bicyclic) bond motifs is 1. The zero-order chi connectivity index (χ0) is 18.4. The maximum absolute atomic E-state index is 12.9. The third-order valence-electron chi connectivity index (χ3n) is 5.09. The Kier molecular flexibility index (Phi) is 4.14. The largest absolute Gasteiger partial charge is 0.420 e. The zero-order valence-electron chi connectivity index (χ0n) is 14.6. The number of hydrogen-bond acceptors (Lipinski definition) is 6. The Bertz CT molecular complexity index is 1080. The van der Waals surface area contributed by atoms with Crippen molar-refractivity contribution >= 4 is 21.4 Å². The number of nitrogens with zero attached hydrogens (tertiary/aromatic N) is 2. The van der Waals surface area contributed by atoms with Crippen LogP contribution in [0.5, 0.6) is 0 Å². The van der Waals surface area contributed by atoms with E-state index in [1.807, 2.05) is 18.2 Å². The van der Waals surface area contributed by atoms with Crippen LogP contribution in [0.2, 0.25) is 0 Å². The summed E-state index contributed by atoms with van der Waals surface area (Å²) in [7, 11) is -3.61. The van der Waals surface area contributed by atoms with Gasteiger partial charge in [-0.05, 0) is 55.4 Å². The van der Waals surface area contributed by atoms with Crippen molar-refractivity contribution in [2.75, 3.05) is 0 Å². The van der Waals surface area contributed by atoms with Gasteiger partial charge in [-0.2, -0.15) is 0 Å². The number of thiophene rings is 1. The molecule has 6 nitrogen and oxygen atoms in total. The minimum absolute atomic E-state index is 0.185.